The van der Waals surface area contributed by atoms with Gasteiger partial charge in [0, 0.05) is 24.2 Å². The third-order valence-electron chi connectivity index (χ3n) is 6.12. The van der Waals surface area contributed by atoms with Crippen molar-refractivity contribution < 1.29 is 19.5 Å². The maximum absolute atomic E-state index is 13.9. The predicted molar refractivity (Wildman–Crippen MR) is 134 cm³/mol. The van der Waals surface area contributed by atoms with Crippen LogP contribution in [0.5, 0.6) is 0 Å². The summed E-state index contributed by atoms with van der Waals surface area (Å²) in [5, 5.41) is 9.97. The van der Waals surface area contributed by atoms with Gasteiger partial charge < -0.3 is 15.8 Å². The molecule has 1 aromatic rings. The number of H-pyrrole nitrogens is 1. The second kappa shape index (κ2) is 12.5. The first-order chi connectivity index (χ1) is 15.6. The van der Waals surface area contributed by atoms with Crippen LogP contribution in [0.4, 0.5) is 0 Å². The average molecular weight is 479 g/mol. The molecule has 0 radical (unpaired) electrons. The van der Waals surface area contributed by atoms with Gasteiger partial charge in [0.05, 0.1) is 12.9 Å². The van der Waals surface area contributed by atoms with E-state index in [1.165, 1.54) is 12.5 Å². The van der Waals surface area contributed by atoms with Crippen LogP contribution in [0.3, 0.4) is 0 Å². The summed E-state index contributed by atoms with van der Waals surface area (Å²) in [6, 6.07) is -1.35. The summed E-state index contributed by atoms with van der Waals surface area (Å²) in [7, 11) is 0. The third kappa shape index (κ3) is 9.95. The Bertz CT molecular complexity index is 793. The molecule has 4 unspecified atom stereocenters. The molecular weight excluding hydrogens is 432 g/mol. The van der Waals surface area contributed by atoms with Gasteiger partial charge in [-0.15, -0.1) is 0 Å². The van der Waals surface area contributed by atoms with Gasteiger partial charge in [0.25, 0.3) is 0 Å². The predicted octanol–water partition coefficient (Wildman–Crippen LogP) is 4.26. The molecule has 0 bridgehead atoms. The number of carboxylic acid groups (broad SMARTS) is 1. The molecule has 1 aromatic heterocycles. The molecule has 0 aliphatic carbocycles. The summed E-state index contributed by atoms with van der Waals surface area (Å²) in [5.74, 6) is -2.46. The van der Waals surface area contributed by atoms with Crippen LogP contribution in [0.15, 0.2) is 12.5 Å². The molecule has 0 saturated heterocycles. The molecule has 0 aliphatic rings. The number of nitrogens with one attached hydrogen (secondary N) is 1. The number of imidazole rings is 1. The standard InChI is InChI=1S/C26H46N4O4/c1-17(12-25(3,4)5)9-10-20(18(2)13-26(6,7)8)23(32)30(22(31)14-27)21(24(33)34)11-19-15-28-16-29-19/h15-18,20-21H,9-14,27H2,1-8H3,(H,28,29)(H,33,34). The van der Waals surface area contributed by atoms with E-state index in [1.807, 2.05) is 6.92 Å². The summed E-state index contributed by atoms with van der Waals surface area (Å²) in [5.41, 5.74) is 6.33. The lowest BCUT2D eigenvalue weighted by molar-refractivity contribution is -0.160. The smallest absolute Gasteiger partial charge is 0.327 e. The summed E-state index contributed by atoms with van der Waals surface area (Å²) in [4.78, 5) is 46.7. The van der Waals surface area contributed by atoms with Gasteiger partial charge in [-0.2, -0.15) is 0 Å². The quantitative estimate of drug-likeness (QED) is 0.411. The molecule has 0 fully saturated rings. The zero-order valence-corrected chi connectivity index (χ0v) is 22.4. The maximum atomic E-state index is 13.9. The van der Waals surface area contributed by atoms with E-state index in [4.69, 9.17) is 5.73 Å². The Morgan fingerprint density at radius 3 is 2.09 bits per heavy atom. The number of aromatic nitrogens is 2. The molecule has 1 rings (SSSR count). The highest BCUT2D eigenvalue weighted by Crippen LogP contribution is 2.35. The van der Waals surface area contributed by atoms with E-state index < -0.39 is 36.3 Å². The van der Waals surface area contributed by atoms with Crippen LogP contribution in [0, 0.1) is 28.6 Å². The van der Waals surface area contributed by atoms with Crippen LogP contribution in [-0.4, -0.2) is 50.3 Å². The summed E-state index contributed by atoms with van der Waals surface area (Å²) < 4.78 is 0. The van der Waals surface area contributed by atoms with Crippen molar-refractivity contribution in [2.45, 2.75) is 93.5 Å². The van der Waals surface area contributed by atoms with E-state index in [0.29, 0.717) is 18.0 Å². The highest BCUT2D eigenvalue weighted by Gasteiger charge is 2.40. The topological polar surface area (TPSA) is 129 Å². The Morgan fingerprint density at radius 1 is 1.06 bits per heavy atom. The number of amides is 2. The van der Waals surface area contributed by atoms with Gasteiger partial charge in [0.1, 0.15) is 6.04 Å². The van der Waals surface area contributed by atoms with Gasteiger partial charge in [-0.3, -0.25) is 14.5 Å². The first kappa shape index (κ1) is 29.8. The molecule has 34 heavy (non-hydrogen) atoms. The number of nitrogens with two attached hydrogens (primary N) is 1. The third-order valence-corrected chi connectivity index (χ3v) is 6.12. The molecule has 2 amide bonds. The number of aliphatic carboxylic acids is 1. The lowest BCUT2D eigenvalue weighted by atomic mass is 9.75. The van der Waals surface area contributed by atoms with Crippen LogP contribution in [0.2, 0.25) is 0 Å². The van der Waals surface area contributed by atoms with Crippen LogP contribution >= 0.6 is 0 Å². The van der Waals surface area contributed by atoms with Crippen molar-refractivity contribution in [2.75, 3.05) is 6.54 Å². The molecule has 4 atom stereocenters. The molecule has 194 valence electrons. The van der Waals surface area contributed by atoms with Gasteiger partial charge in [0.2, 0.25) is 11.8 Å². The number of carbonyl (C=O) groups is 3. The monoisotopic (exact) mass is 478 g/mol. The van der Waals surface area contributed by atoms with Gasteiger partial charge in [-0.25, -0.2) is 9.78 Å². The second-order valence-corrected chi connectivity index (χ2v) is 12.2. The van der Waals surface area contributed by atoms with Crippen molar-refractivity contribution in [1.82, 2.24) is 14.9 Å². The van der Waals surface area contributed by atoms with Crippen molar-refractivity contribution in [2.24, 2.45) is 34.3 Å². The normalized spacial score (nSPS) is 15.9. The molecule has 4 N–H and O–H groups in total. The minimum absolute atomic E-state index is 0.0141. The SMILES string of the molecule is CC(CCC(C(=O)N(C(=O)CN)C(Cc1cnc[nH]1)C(=O)O)C(C)CC(C)(C)C)CC(C)(C)C. The molecule has 8 nitrogen and oxygen atoms in total. The fourth-order valence-electron chi connectivity index (χ4n) is 4.99. The first-order valence-corrected chi connectivity index (χ1v) is 12.3. The van der Waals surface area contributed by atoms with Crippen molar-refractivity contribution in [3.8, 4) is 0 Å². The van der Waals surface area contributed by atoms with Crippen molar-refractivity contribution >= 4 is 17.8 Å². The van der Waals surface area contributed by atoms with E-state index in [0.717, 1.165) is 24.2 Å². The highest BCUT2D eigenvalue weighted by molar-refractivity contribution is 6.01. The van der Waals surface area contributed by atoms with Crippen LogP contribution in [-0.2, 0) is 20.8 Å². The second-order valence-electron chi connectivity index (χ2n) is 12.2. The van der Waals surface area contributed by atoms with Gasteiger partial charge in [-0.05, 0) is 48.3 Å². The van der Waals surface area contributed by atoms with Crippen LogP contribution in [0.1, 0.15) is 86.8 Å². The van der Waals surface area contributed by atoms with E-state index in [1.54, 1.807) is 0 Å². The van der Waals surface area contributed by atoms with E-state index in [2.05, 4.69) is 58.4 Å². The van der Waals surface area contributed by atoms with E-state index in [9.17, 15) is 19.5 Å². The zero-order valence-electron chi connectivity index (χ0n) is 22.4. The number of hydrogen-bond donors (Lipinski definition) is 3. The number of imide groups is 1. The number of carbonyl (C=O) groups excluding carboxylic acids is 2. The molecule has 0 spiro atoms. The Hall–Kier alpha value is -2.22. The van der Waals surface area contributed by atoms with Crippen LogP contribution in [0.25, 0.3) is 0 Å². The molecule has 0 saturated carbocycles. The first-order valence-electron chi connectivity index (χ1n) is 12.3. The lowest BCUT2D eigenvalue weighted by Crippen LogP contribution is -2.54. The van der Waals surface area contributed by atoms with Crippen LogP contribution < -0.4 is 5.73 Å². The highest BCUT2D eigenvalue weighted by atomic mass is 16.4. The Labute approximate surface area is 205 Å². The van der Waals surface area contributed by atoms with Crippen molar-refractivity contribution in [1.29, 1.82) is 0 Å². The molecular formula is C26H46N4O4. The van der Waals surface area contributed by atoms with E-state index >= 15 is 0 Å². The largest absolute Gasteiger partial charge is 0.480 e. The number of hydrogen-bond acceptors (Lipinski definition) is 5. The average Bonchev–Trinajstić information content (AvgIpc) is 3.17. The fourth-order valence-corrected chi connectivity index (χ4v) is 4.99. The maximum Gasteiger partial charge on any atom is 0.327 e. The molecule has 0 aliphatic heterocycles. The van der Waals surface area contributed by atoms with Gasteiger partial charge >= 0.3 is 5.97 Å². The molecule has 1 heterocycles. The van der Waals surface area contributed by atoms with Gasteiger partial charge in [0.15, 0.2) is 0 Å². The van der Waals surface area contributed by atoms with Gasteiger partial charge in [-0.1, -0.05) is 55.4 Å². The lowest BCUT2D eigenvalue weighted by Gasteiger charge is -2.35. The minimum Gasteiger partial charge on any atom is -0.480 e. The summed E-state index contributed by atoms with van der Waals surface area (Å²) >= 11 is 0. The summed E-state index contributed by atoms with van der Waals surface area (Å²) in [6.45, 7) is 16.7. The summed E-state index contributed by atoms with van der Waals surface area (Å²) in [6.07, 6.45) is 6.11. The Balaban J connectivity index is 3.29. The number of aromatic amines is 1. The van der Waals surface area contributed by atoms with Crippen molar-refractivity contribution in [3.05, 3.63) is 18.2 Å². The van der Waals surface area contributed by atoms with E-state index in [-0.39, 0.29) is 23.2 Å². The molecule has 8 heteroatoms. The molecule has 0 aromatic carbocycles. The number of rotatable bonds is 12. The fraction of sp³-hybridized carbons (Fsp3) is 0.769. The number of carboxylic acids is 1. The zero-order chi connectivity index (χ0) is 26.3. The van der Waals surface area contributed by atoms with Crippen molar-refractivity contribution in [3.63, 3.8) is 0 Å². The Kier molecular flexibility index (Phi) is 10.9. The number of nitrogens with zero attached hydrogens (tertiary/aromatic N) is 2. The minimum atomic E-state index is -1.35. The Morgan fingerprint density at radius 2 is 1.65 bits per heavy atom.